The zero-order chi connectivity index (χ0) is 13.0. The molecule has 0 atom stereocenters. The van der Waals surface area contributed by atoms with Crippen LogP contribution in [0.1, 0.15) is 5.76 Å². The van der Waals surface area contributed by atoms with Crippen molar-refractivity contribution in [1.29, 1.82) is 0 Å². The van der Waals surface area contributed by atoms with Gasteiger partial charge in [-0.25, -0.2) is 0 Å². The molecule has 0 saturated carbocycles. The van der Waals surface area contributed by atoms with Crippen molar-refractivity contribution in [2.45, 2.75) is 0 Å². The van der Waals surface area contributed by atoms with Crippen molar-refractivity contribution in [3.8, 4) is 11.3 Å². The lowest BCUT2D eigenvalue weighted by Gasteiger charge is -1.96. The molecule has 18 heavy (non-hydrogen) atoms. The summed E-state index contributed by atoms with van der Waals surface area (Å²) in [6.07, 6.45) is 1.52. The number of thiocarbonyl (C=S) groups is 1. The van der Waals surface area contributed by atoms with Gasteiger partial charge < -0.3 is 10.2 Å². The summed E-state index contributed by atoms with van der Waals surface area (Å²) in [5.74, 6) is 1.40. The number of hydrazone groups is 1. The average Bonchev–Trinajstić information content (AvgIpc) is 2.78. The van der Waals surface area contributed by atoms with Crippen molar-refractivity contribution >= 4 is 39.5 Å². The molecule has 92 valence electrons. The molecule has 0 radical (unpaired) electrons. The van der Waals surface area contributed by atoms with E-state index in [1.54, 1.807) is 0 Å². The largest absolute Gasteiger partial charge is 0.455 e. The Morgan fingerprint density at radius 2 is 2.00 bits per heavy atom. The molecule has 0 aliphatic heterocycles. The molecule has 1 heterocycles. The molecule has 0 amide bonds. The van der Waals surface area contributed by atoms with Crippen LogP contribution in [0.5, 0.6) is 0 Å². The predicted octanol–water partition coefficient (Wildman–Crippen LogP) is 2.88. The standard InChI is InChI=1S/C12H10BrN3OS/c13-9-3-1-8(2-4-9)11-6-5-10(17-11)7-15-16-12(14)18/h1-7H,(H3,14,16,18)/b15-7+. The van der Waals surface area contributed by atoms with Gasteiger partial charge in [-0.05, 0) is 36.5 Å². The lowest BCUT2D eigenvalue weighted by atomic mass is 10.2. The van der Waals surface area contributed by atoms with Crippen LogP contribution in [-0.4, -0.2) is 11.3 Å². The van der Waals surface area contributed by atoms with Crippen molar-refractivity contribution < 1.29 is 4.42 Å². The second-order valence-corrected chi connectivity index (χ2v) is 4.80. The normalized spacial score (nSPS) is 10.7. The third kappa shape index (κ3) is 3.41. The number of hydrogen-bond acceptors (Lipinski definition) is 3. The van der Waals surface area contributed by atoms with Crippen LogP contribution in [0.15, 0.2) is 50.4 Å². The summed E-state index contributed by atoms with van der Waals surface area (Å²) in [5.41, 5.74) is 8.70. The highest BCUT2D eigenvalue weighted by molar-refractivity contribution is 9.10. The number of furan rings is 1. The van der Waals surface area contributed by atoms with E-state index >= 15 is 0 Å². The van der Waals surface area contributed by atoms with Crippen molar-refractivity contribution in [2.75, 3.05) is 0 Å². The first-order valence-corrected chi connectivity index (χ1v) is 6.29. The van der Waals surface area contributed by atoms with Crippen LogP contribution in [0, 0.1) is 0 Å². The molecular formula is C12H10BrN3OS. The zero-order valence-corrected chi connectivity index (χ0v) is 11.7. The SMILES string of the molecule is NC(=S)N/N=C/c1ccc(-c2ccc(Br)cc2)o1. The van der Waals surface area contributed by atoms with Gasteiger partial charge in [-0.2, -0.15) is 5.10 Å². The Morgan fingerprint density at radius 1 is 1.28 bits per heavy atom. The zero-order valence-electron chi connectivity index (χ0n) is 9.26. The summed E-state index contributed by atoms with van der Waals surface area (Å²) in [6, 6.07) is 11.6. The summed E-state index contributed by atoms with van der Waals surface area (Å²) in [7, 11) is 0. The molecule has 2 rings (SSSR count). The molecular weight excluding hydrogens is 314 g/mol. The number of nitrogens with zero attached hydrogens (tertiary/aromatic N) is 1. The summed E-state index contributed by atoms with van der Waals surface area (Å²) in [4.78, 5) is 0. The second-order valence-electron chi connectivity index (χ2n) is 3.44. The van der Waals surface area contributed by atoms with Gasteiger partial charge in [0, 0.05) is 10.0 Å². The lowest BCUT2D eigenvalue weighted by Crippen LogP contribution is -2.23. The van der Waals surface area contributed by atoms with E-state index in [0.29, 0.717) is 5.76 Å². The topological polar surface area (TPSA) is 63.5 Å². The number of benzene rings is 1. The Bertz CT molecular complexity index is 577. The van der Waals surface area contributed by atoms with Gasteiger partial charge in [0.25, 0.3) is 0 Å². The van der Waals surface area contributed by atoms with Crippen molar-refractivity contribution in [2.24, 2.45) is 10.8 Å². The van der Waals surface area contributed by atoms with Gasteiger partial charge in [0.05, 0.1) is 6.21 Å². The molecule has 0 spiro atoms. The molecule has 1 aromatic heterocycles. The highest BCUT2D eigenvalue weighted by atomic mass is 79.9. The molecule has 0 bridgehead atoms. The van der Waals surface area contributed by atoms with Crippen molar-refractivity contribution in [3.05, 3.63) is 46.6 Å². The van der Waals surface area contributed by atoms with Crippen LogP contribution in [-0.2, 0) is 0 Å². The van der Waals surface area contributed by atoms with Gasteiger partial charge in [0.2, 0.25) is 0 Å². The van der Waals surface area contributed by atoms with E-state index in [0.717, 1.165) is 15.8 Å². The number of nitrogens with two attached hydrogens (primary N) is 1. The minimum absolute atomic E-state index is 0.117. The van der Waals surface area contributed by atoms with Gasteiger partial charge in [-0.1, -0.05) is 28.1 Å². The summed E-state index contributed by atoms with van der Waals surface area (Å²) >= 11 is 8.01. The molecule has 0 unspecified atom stereocenters. The lowest BCUT2D eigenvalue weighted by molar-refractivity contribution is 0.574. The Kier molecular flexibility index (Phi) is 4.11. The van der Waals surface area contributed by atoms with Crippen LogP contribution >= 0.6 is 28.1 Å². The van der Waals surface area contributed by atoms with Crippen molar-refractivity contribution in [3.63, 3.8) is 0 Å². The first kappa shape index (κ1) is 12.8. The highest BCUT2D eigenvalue weighted by Crippen LogP contribution is 2.23. The molecule has 3 N–H and O–H groups in total. The first-order chi connectivity index (χ1) is 8.65. The summed E-state index contributed by atoms with van der Waals surface area (Å²) < 4.78 is 6.63. The average molecular weight is 324 g/mol. The van der Waals surface area contributed by atoms with E-state index in [9.17, 15) is 0 Å². The second kappa shape index (κ2) is 5.79. The number of rotatable bonds is 3. The van der Waals surface area contributed by atoms with E-state index in [1.165, 1.54) is 6.21 Å². The third-order valence-electron chi connectivity index (χ3n) is 2.12. The Morgan fingerprint density at radius 3 is 2.67 bits per heavy atom. The van der Waals surface area contributed by atoms with Crippen LogP contribution in [0.25, 0.3) is 11.3 Å². The molecule has 0 saturated heterocycles. The monoisotopic (exact) mass is 323 g/mol. The minimum atomic E-state index is 0.117. The molecule has 2 aromatic rings. The minimum Gasteiger partial charge on any atom is -0.455 e. The van der Waals surface area contributed by atoms with Gasteiger partial charge >= 0.3 is 0 Å². The van der Waals surface area contributed by atoms with Crippen LogP contribution in [0.3, 0.4) is 0 Å². The quantitative estimate of drug-likeness (QED) is 0.518. The maximum atomic E-state index is 5.60. The number of hydrogen-bond donors (Lipinski definition) is 2. The van der Waals surface area contributed by atoms with Crippen LogP contribution < -0.4 is 11.2 Å². The van der Waals surface area contributed by atoms with Crippen LogP contribution in [0.2, 0.25) is 0 Å². The fourth-order valence-electron chi connectivity index (χ4n) is 1.35. The van der Waals surface area contributed by atoms with E-state index < -0.39 is 0 Å². The van der Waals surface area contributed by atoms with Gasteiger partial charge in [-0.15, -0.1) is 0 Å². The third-order valence-corrected chi connectivity index (χ3v) is 2.74. The van der Waals surface area contributed by atoms with Gasteiger partial charge in [0.15, 0.2) is 5.11 Å². The molecule has 0 aliphatic carbocycles. The van der Waals surface area contributed by atoms with Crippen LogP contribution in [0.4, 0.5) is 0 Å². The first-order valence-electron chi connectivity index (χ1n) is 5.09. The molecule has 0 fully saturated rings. The van der Waals surface area contributed by atoms with Gasteiger partial charge in [0.1, 0.15) is 11.5 Å². The van der Waals surface area contributed by atoms with E-state index in [4.69, 9.17) is 10.2 Å². The number of halogens is 1. The summed E-state index contributed by atoms with van der Waals surface area (Å²) in [5, 5.41) is 3.94. The highest BCUT2D eigenvalue weighted by Gasteiger charge is 2.02. The smallest absolute Gasteiger partial charge is 0.184 e. The fraction of sp³-hybridized carbons (Fsp3) is 0. The maximum Gasteiger partial charge on any atom is 0.184 e. The van der Waals surface area contributed by atoms with Crippen molar-refractivity contribution in [1.82, 2.24) is 5.43 Å². The van der Waals surface area contributed by atoms with E-state index in [1.807, 2.05) is 36.4 Å². The Labute approximate surface area is 118 Å². The Balaban J connectivity index is 2.12. The number of nitrogens with one attached hydrogen (secondary N) is 1. The summed E-state index contributed by atoms with van der Waals surface area (Å²) in [6.45, 7) is 0. The molecule has 6 heteroatoms. The van der Waals surface area contributed by atoms with E-state index in [-0.39, 0.29) is 5.11 Å². The molecule has 4 nitrogen and oxygen atoms in total. The van der Waals surface area contributed by atoms with E-state index in [2.05, 4.69) is 38.7 Å². The Hall–Kier alpha value is -1.66. The molecule has 1 aromatic carbocycles. The van der Waals surface area contributed by atoms with Gasteiger partial charge in [-0.3, -0.25) is 5.43 Å². The maximum absolute atomic E-state index is 5.60. The predicted molar refractivity (Wildman–Crippen MR) is 79.4 cm³/mol. The molecule has 0 aliphatic rings. The fourth-order valence-corrected chi connectivity index (χ4v) is 1.67.